The first-order chi connectivity index (χ1) is 6.74. The van der Waals surface area contributed by atoms with Gasteiger partial charge in [-0.3, -0.25) is 4.90 Å². The van der Waals surface area contributed by atoms with E-state index in [4.69, 9.17) is 5.73 Å². The SMILES string of the molecule is CC1CCCN1C(CO)C(N)C1CC1. The highest BCUT2D eigenvalue weighted by molar-refractivity contribution is 4.95. The molecule has 14 heavy (non-hydrogen) atoms. The number of nitrogens with two attached hydrogens (primary N) is 1. The summed E-state index contributed by atoms with van der Waals surface area (Å²) in [4.78, 5) is 2.41. The zero-order valence-corrected chi connectivity index (χ0v) is 9.02. The Morgan fingerprint density at radius 2 is 2.14 bits per heavy atom. The number of aliphatic hydroxyl groups is 1. The topological polar surface area (TPSA) is 49.5 Å². The van der Waals surface area contributed by atoms with Crippen LogP contribution in [0, 0.1) is 5.92 Å². The number of rotatable bonds is 4. The monoisotopic (exact) mass is 198 g/mol. The lowest BCUT2D eigenvalue weighted by Gasteiger charge is -2.34. The minimum atomic E-state index is 0.195. The van der Waals surface area contributed by atoms with Gasteiger partial charge in [0, 0.05) is 18.1 Å². The van der Waals surface area contributed by atoms with Crippen LogP contribution in [0.2, 0.25) is 0 Å². The Morgan fingerprint density at radius 1 is 1.43 bits per heavy atom. The Labute approximate surface area is 86.3 Å². The van der Waals surface area contributed by atoms with Gasteiger partial charge in [-0.1, -0.05) is 0 Å². The van der Waals surface area contributed by atoms with Crippen LogP contribution in [0.4, 0.5) is 0 Å². The molecule has 3 N–H and O–H groups in total. The highest BCUT2D eigenvalue weighted by Crippen LogP contribution is 2.35. The van der Waals surface area contributed by atoms with Crippen LogP contribution in [-0.2, 0) is 0 Å². The van der Waals surface area contributed by atoms with Crippen molar-refractivity contribution < 1.29 is 5.11 Å². The summed E-state index contributed by atoms with van der Waals surface area (Å²) in [6.07, 6.45) is 5.04. The van der Waals surface area contributed by atoms with Gasteiger partial charge in [0.15, 0.2) is 0 Å². The van der Waals surface area contributed by atoms with Gasteiger partial charge in [-0.15, -0.1) is 0 Å². The van der Waals surface area contributed by atoms with E-state index in [1.807, 2.05) is 0 Å². The fourth-order valence-electron chi connectivity index (χ4n) is 2.69. The minimum absolute atomic E-state index is 0.195. The van der Waals surface area contributed by atoms with Gasteiger partial charge in [-0.2, -0.15) is 0 Å². The van der Waals surface area contributed by atoms with Crippen LogP contribution in [-0.4, -0.2) is 41.3 Å². The van der Waals surface area contributed by atoms with E-state index >= 15 is 0 Å². The van der Waals surface area contributed by atoms with E-state index in [9.17, 15) is 5.11 Å². The molecular formula is C11H22N2O. The van der Waals surface area contributed by atoms with Crippen molar-refractivity contribution in [3.63, 3.8) is 0 Å². The van der Waals surface area contributed by atoms with Gasteiger partial charge >= 0.3 is 0 Å². The standard InChI is InChI=1S/C11H22N2O/c1-8-3-2-6-13(8)10(7-14)11(12)9-4-5-9/h8-11,14H,2-7,12H2,1H3. The maximum Gasteiger partial charge on any atom is 0.0602 e. The summed E-state index contributed by atoms with van der Waals surface area (Å²) in [7, 11) is 0. The van der Waals surface area contributed by atoms with Crippen LogP contribution >= 0.6 is 0 Å². The van der Waals surface area contributed by atoms with E-state index < -0.39 is 0 Å². The number of likely N-dealkylation sites (tertiary alicyclic amines) is 1. The first-order valence-electron chi connectivity index (χ1n) is 5.86. The number of aliphatic hydroxyl groups excluding tert-OH is 1. The summed E-state index contributed by atoms with van der Waals surface area (Å²) in [5.74, 6) is 0.681. The molecule has 1 heterocycles. The van der Waals surface area contributed by atoms with Crippen molar-refractivity contribution in [3.8, 4) is 0 Å². The third kappa shape index (κ3) is 1.95. The summed E-state index contributed by atoms with van der Waals surface area (Å²) in [6, 6.07) is 1.01. The Hall–Kier alpha value is -0.120. The van der Waals surface area contributed by atoms with E-state index in [1.165, 1.54) is 25.7 Å². The van der Waals surface area contributed by atoms with E-state index in [0.29, 0.717) is 12.0 Å². The van der Waals surface area contributed by atoms with Crippen molar-refractivity contribution >= 4 is 0 Å². The second kappa shape index (κ2) is 4.17. The molecule has 0 aromatic heterocycles. The van der Waals surface area contributed by atoms with Gasteiger partial charge in [0.2, 0.25) is 0 Å². The molecule has 3 unspecified atom stereocenters. The van der Waals surface area contributed by atoms with Crippen molar-refractivity contribution in [2.24, 2.45) is 11.7 Å². The Balaban J connectivity index is 1.96. The van der Waals surface area contributed by atoms with E-state index in [2.05, 4.69) is 11.8 Å². The highest BCUT2D eigenvalue weighted by Gasteiger charge is 2.38. The predicted octanol–water partition coefficient (Wildman–Crippen LogP) is 0.569. The minimum Gasteiger partial charge on any atom is -0.395 e. The quantitative estimate of drug-likeness (QED) is 0.694. The van der Waals surface area contributed by atoms with E-state index in [1.54, 1.807) is 0 Å². The third-order valence-electron chi connectivity index (χ3n) is 3.83. The molecule has 82 valence electrons. The third-order valence-corrected chi connectivity index (χ3v) is 3.83. The molecule has 2 aliphatic rings. The first-order valence-corrected chi connectivity index (χ1v) is 5.86. The van der Waals surface area contributed by atoms with Crippen molar-refractivity contribution in [2.45, 2.75) is 50.7 Å². The second-order valence-electron chi connectivity index (χ2n) is 4.89. The maximum atomic E-state index is 9.43. The average molecular weight is 198 g/mol. The Morgan fingerprint density at radius 3 is 2.57 bits per heavy atom. The van der Waals surface area contributed by atoms with Gasteiger partial charge in [-0.05, 0) is 45.1 Å². The van der Waals surface area contributed by atoms with Crippen LogP contribution in [0.25, 0.3) is 0 Å². The molecule has 3 heteroatoms. The molecule has 0 radical (unpaired) electrons. The van der Waals surface area contributed by atoms with Gasteiger partial charge < -0.3 is 10.8 Å². The molecule has 0 spiro atoms. The first kappa shape index (κ1) is 10.4. The summed E-state index contributed by atoms with van der Waals surface area (Å²) in [6.45, 7) is 3.59. The van der Waals surface area contributed by atoms with Crippen LogP contribution in [0.1, 0.15) is 32.6 Å². The molecule has 0 aromatic carbocycles. The normalized spacial score (nSPS) is 33.2. The van der Waals surface area contributed by atoms with Crippen molar-refractivity contribution in [1.29, 1.82) is 0 Å². The molecular weight excluding hydrogens is 176 g/mol. The van der Waals surface area contributed by atoms with Crippen LogP contribution in [0.5, 0.6) is 0 Å². The van der Waals surface area contributed by atoms with E-state index in [-0.39, 0.29) is 18.7 Å². The lowest BCUT2D eigenvalue weighted by Crippen LogP contribution is -2.52. The molecule has 2 rings (SSSR count). The number of hydrogen-bond donors (Lipinski definition) is 2. The molecule has 0 amide bonds. The maximum absolute atomic E-state index is 9.43. The van der Waals surface area contributed by atoms with Crippen molar-refractivity contribution in [3.05, 3.63) is 0 Å². The summed E-state index contributed by atoms with van der Waals surface area (Å²) < 4.78 is 0. The van der Waals surface area contributed by atoms with Crippen molar-refractivity contribution in [1.82, 2.24) is 4.90 Å². The van der Waals surface area contributed by atoms with E-state index in [0.717, 1.165) is 6.54 Å². The average Bonchev–Trinajstić information content (AvgIpc) is 2.94. The lowest BCUT2D eigenvalue weighted by molar-refractivity contribution is 0.0933. The van der Waals surface area contributed by atoms with Gasteiger partial charge in [0.25, 0.3) is 0 Å². The zero-order valence-electron chi connectivity index (χ0n) is 9.02. The van der Waals surface area contributed by atoms with Gasteiger partial charge in [0.05, 0.1) is 6.61 Å². The largest absolute Gasteiger partial charge is 0.395 e. The molecule has 0 bridgehead atoms. The van der Waals surface area contributed by atoms with Crippen LogP contribution in [0.3, 0.4) is 0 Å². The smallest absolute Gasteiger partial charge is 0.0602 e. The van der Waals surface area contributed by atoms with Crippen LogP contribution in [0.15, 0.2) is 0 Å². The molecule has 1 saturated carbocycles. The number of hydrogen-bond acceptors (Lipinski definition) is 3. The highest BCUT2D eigenvalue weighted by atomic mass is 16.3. The fourth-order valence-corrected chi connectivity index (χ4v) is 2.69. The number of nitrogens with zero attached hydrogens (tertiary/aromatic N) is 1. The molecule has 2 fully saturated rings. The summed E-state index contributed by atoms with van der Waals surface area (Å²) >= 11 is 0. The predicted molar refractivity (Wildman–Crippen MR) is 57.0 cm³/mol. The Bertz CT molecular complexity index is 194. The summed E-state index contributed by atoms with van der Waals surface area (Å²) in [5.41, 5.74) is 6.17. The van der Waals surface area contributed by atoms with Gasteiger partial charge in [-0.25, -0.2) is 0 Å². The molecule has 3 nitrogen and oxygen atoms in total. The molecule has 1 saturated heterocycles. The van der Waals surface area contributed by atoms with Gasteiger partial charge in [0.1, 0.15) is 0 Å². The fraction of sp³-hybridized carbons (Fsp3) is 1.00. The second-order valence-corrected chi connectivity index (χ2v) is 4.89. The van der Waals surface area contributed by atoms with Crippen molar-refractivity contribution in [2.75, 3.05) is 13.2 Å². The molecule has 1 aliphatic heterocycles. The molecule has 0 aromatic rings. The zero-order chi connectivity index (χ0) is 10.1. The lowest BCUT2D eigenvalue weighted by atomic mass is 10.0. The summed E-state index contributed by atoms with van der Waals surface area (Å²) in [5, 5.41) is 9.43. The van der Waals surface area contributed by atoms with Crippen LogP contribution < -0.4 is 5.73 Å². The Kier molecular flexibility index (Phi) is 3.10. The molecule has 1 aliphatic carbocycles. The molecule has 3 atom stereocenters.